The van der Waals surface area contributed by atoms with E-state index in [2.05, 4.69) is 25.1 Å². The number of hydrogen-bond donors (Lipinski definition) is 2. The molecule has 0 amide bonds. The molecule has 0 bridgehead atoms. The Morgan fingerprint density at radius 1 is 1.35 bits per heavy atom. The van der Waals surface area contributed by atoms with Crippen molar-refractivity contribution < 1.29 is 12.9 Å². The van der Waals surface area contributed by atoms with Gasteiger partial charge in [-0.25, -0.2) is 13.1 Å². The lowest BCUT2D eigenvalue weighted by molar-refractivity contribution is 0.190. The number of sulfonamides is 1. The Morgan fingerprint density at radius 3 is 2.74 bits per heavy atom. The van der Waals surface area contributed by atoms with Gasteiger partial charge in [0.15, 0.2) is 5.82 Å². The summed E-state index contributed by atoms with van der Waals surface area (Å²) in [5.74, 6) is 1.01. The van der Waals surface area contributed by atoms with Crippen molar-refractivity contribution in [3.8, 4) is 11.5 Å². The van der Waals surface area contributed by atoms with E-state index in [9.17, 15) is 8.42 Å². The normalized spacial score (nSPS) is 19.8. The maximum Gasteiger partial charge on any atom is 0.257 e. The summed E-state index contributed by atoms with van der Waals surface area (Å²) in [6.07, 6.45) is 0. The Hall–Kier alpha value is -1.81. The highest BCUT2D eigenvalue weighted by molar-refractivity contribution is 7.89. The van der Waals surface area contributed by atoms with E-state index in [0.717, 1.165) is 19.6 Å². The van der Waals surface area contributed by atoms with Gasteiger partial charge in [0, 0.05) is 25.2 Å². The fourth-order valence-corrected chi connectivity index (χ4v) is 3.21. The second-order valence-corrected chi connectivity index (χ2v) is 7.28. The second kappa shape index (κ2) is 6.36. The molecule has 1 saturated heterocycles. The number of aromatic nitrogens is 2. The smallest absolute Gasteiger partial charge is 0.257 e. The topological polar surface area (TPSA) is 100 Å². The zero-order chi connectivity index (χ0) is 16.4. The molecule has 1 atom stereocenters. The molecule has 1 aliphatic rings. The van der Waals surface area contributed by atoms with Crippen molar-refractivity contribution >= 4 is 10.0 Å². The van der Waals surface area contributed by atoms with Crippen LogP contribution in [0.1, 0.15) is 11.9 Å². The average Bonchev–Trinajstić information content (AvgIpc) is 3.05. The van der Waals surface area contributed by atoms with E-state index in [-0.39, 0.29) is 10.9 Å². The van der Waals surface area contributed by atoms with Gasteiger partial charge in [-0.3, -0.25) is 4.90 Å². The van der Waals surface area contributed by atoms with Gasteiger partial charge in [-0.1, -0.05) is 5.16 Å². The van der Waals surface area contributed by atoms with Gasteiger partial charge < -0.3 is 9.84 Å². The van der Waals surface area contributed by atoms with Crippen LogP contribution in [0.15, 0.2) is 33.7 Å². The minimum absolute atomic E-state index is 0.0743. The van der Waals surface area contributed by atoms with Gasteiger partial charge in [0.25, 0.3) is 5.89 Å². The molecular weight excluding hydrogens is 318 g/mol. The van der Waals surface area contributed by atoms with Crippen LogP contribution in [0.4, 0.5) is 0 Å². The molecule has 2 N–H and O–H groups in total. The predicted molar refractivity (Wildman–Crippen MR) is 84.2 cm³/mol. The van der Waals surface area contributed by atoms with Crippen molar-refractivity contribution in [2.75, 3.05) is 33.7 Å². The van der Waals surface area contributed by atoms with Crippen molar-refractivity contribution in [3.05, 3.63) is 30.1 Å². The van der Waals surface area contributed by atoms with Gasteiger partial charge in [-0.2, -0.15) is 4.98 Å². The van der Waals surface area contributed by atoms with Gasteiger partial charge in [0.2, 0.25) is 10.0 Å². The molecule has 2 aromatic rings. The molecule has 1 unspecified atom stereocenters. The van der Waals surface area contributed by atoms with Crippen molar-refractivity contribution in [3.63, 3.8) is 0 Å². The highest BCUT2D eigenvalue weighted by atomic mass is 32.2. The number of piperazine rings is 1. The second-order valence-electron chi connectivity index (χ2n) is 5.39. The van der Waals surface area contributed by atoms with E-state index >= 15 is 0 Å². The summed E-state index contributed by atoms with van der Waals surface area (Å²) in [5.41, 5.74) is 0.685. The molecule has 0 radical (unpaired) electrons. The quantitative estimate of drug-likeness (QED) is 0.823. The lowest BCUT2D eigenvalue weighted by atomic mass is 10.2. The summed E-state index contributed by atoms with van der Waals surface area (Å²) in [5, 5.41) is 7.36. The first-order valence-electron chi connectivity index (χ1n) is 7.30. The van der Waals surface area contributed by atoms with Gasteiger partial charge in [-0.15, -0.1) is 0 Å². The molecule has 1 fully saturated rings. The molecule has 1 aromatic carbocycles. The number of hydrogen-bond acceptors (Lipinski definition) is 7. The minimum atomic E-state index is -3.45. The molecule has 1 aliphatic heterocycles. The summed E-state index contributed by atoms with van der Waals surface area (Å²) in [7, 11) is -0.0440. The summed E-state index contributed by atoms with van der Waals surface area (Å²) in [4.78, 5) is 6.81. The highest BCUT2D eigenvalue weighted by Gasteiger charge is 2.25. The van der Waals surface area contributed by atoms with E-state index in [4.69, 9.17) is 4.52 Å². The molecule has 8 nitrogen and oxygen atoms in total. The van der Waals surface area contributed by atoms with Gasteiger partial charge in [0.05, 0.1) is 10.9 Å². The molecule has 9 heteroatoms. The van der Waals surface area contributed by atoms with Crippen LogP contribution in [-0.2, 0) is 10.0 Å². The SMILES string of the molecule is CNS(=O)(=O)c1ccc(-c2nc(C3CNCCN3C)no2)cc1. The van der Waals surface area contributed by atoms with Gasteiger partial charge >= 0.3 is 0 Å². The standard InChI is InChI=1S/C14H19N5O3S/c1-15-23(20,21)11-5-3-10(4-6-11)14-17-13(18-22-14)12-9-16-7-8-19(12)2/h3-6,12,15-16H,7-9H2,1-2H3. The third-order valence-corrected chi connectivity index (χ3v) is 5.36. The van der Waals surface area contributed by atoms with E-state index in [1.807, 2.05) is 7.05 Å². The summed E-state index contributed by atoms with van der Waals surface area (Å²) < 4.78 is 31.0. The zero-order valence-corrected chi connectivity index (χ0v) is 13.8. The van der Waals surface area contributed by atoms with Crippen molar-refractivity contribution in [2.24, 2.45) is 0 Å². The minimum Gasteiger partial charge on any atom is -0.334 e. The molecule has 0 saturated carbocycles. The van der Waals surface area contributed by atoms with Crippen LogP contribution in [0.25, 0.3) is 11.5 Å². The molecule has 0 aliphatic carbocycles. The largest absolute Gasteiger partial charge is 0.334 e. The first kappa shape index (κ1) is 16.1. The van der Waals surface area contributed by atoms with E-state index in [1.165, 1.54) is 19.2 Å². The van der Waals surface area contributed by atoms with Crippen LogP contribution >= 0.6 is 0 Å². The van der Waals surface area contributed by atoms with Gasteiger partial charge in [0.1, 0.15) is 0 Å². The maximum absolute atomic E-state index is 11.7. The number of benzene rings is 1. The van der Waals surface area contributed by atoms with Crippen LogP contribution in [0, 0.1) is 0 Å². The van der Waals surface area contributed by atoms with E-state index < -0.39 is 10.0 Å². The van der Waals surface area contributed by atoms with Gasteiger partial charge in [-0.05, 0) is 38.4 Å². The Balaban J connectivity index is 1.83. The third-order valence-electron chi connectivity index (χ3n) is 3.93. The molecule has 124 valence electrons. The van der Waals surface area contributed by atoms with Crippen LogP contribution in [0.2, 0.25) is 0 Å². The van der Waals surface area contributed by atoms with E-state index in [0.29, 0.717) is 17.3 Å². The maximum atomic E-state index is 11.7. The summed E-state index contributed by atoms with van der Waals surface area (Å²) in [6.45, 7) is 2.64. The lowest BCUT2D eigenvalue weighted by Gasteiger charge is -2.30. The monoisotopic (exact) mass is 337 g/mol. The lowest BCUT2D eigenvalue weighted by Crippen LogP contribution is -2.44. The first-order chi connectivity index (χ1) is 11.0. The number of nitrogens with one attached hydrogen (secondary N) is 2. The molecule has 3 rings (SSSR count). The third kappa shape index (κ3) is 3.27. The van der Waals surface area contributed by atoms with Crippen molar-refractivity contribution in [1.29, 1.82) is 0 Å². The van der Waals surface area contributed by atoms with Crippen LogP contribution < -0.4 is 10.0 Å². The Labute approximate surface area is 134 Å². The number of rotatable bonds is 4. The van der Waals surface area contributed by atoms with E-state index in [1.54, 1.807) is 12.1 Å². The Kier molecular flexibility index (Phi) is 4.44. The Bertz CT molecular complexity index is 772. The van der Waals surface area contributed by atoms with Crippen LogP contribution in [0.3, 0.4) is 0 Å². The summed E-state index contributed by atoms with van der Waals surface area (Å²) >= 11 is 0. The van der Waals surface area contributed by atoms with Crippen molar-refractivity contribution in [1.82, 2.24) is 25.1 Å². The fraction of sp³-hybridized carbons (Fsp3) is 0.429. The Morgan fingerprint density at radius 2 is 2.09 bits per heavy atom. The number of likely N-dealkylation sites (N-methyl/N-ethyl adjacent to an activating group) is 1. The van der Waals surface area contributed by atoms with Crippen LogP contribution in [0.5, 0.6) is 0 Å². The molecule has 1 aromatic heterocycles. The summed E-state index contributed by atoms with van der Waals surface area (Å²) in [6, 6.07) is 6.41. The number of nitrogens with zero attached hydrogens (tertiary/aromatic N) is 3. The first-order valence-corrected chi connectivity index (χ1v) is 8.78. The fourth-order valence-electron chi connectivity index (χ4n) is 2.48. The van der Waals surface area contributed by atoms with Crippen molar-refractivity contribution in [2.45, 2.75) is 10.9 Å². The molecule has 2 heterocycles. The average molecular weight is 337 g/mol. The molecule has 23 heavy (non-hydrogen) atoms. The highest BCUT2D eigenvalue weighted by Crippen LogP contribution is 2.23. The molecular formula is C14H19N5O3S. The molecule has 0 spiro atoms. The van der Waals surface area contributed by atoms with Crippen LogP contribution in [-0.4, -0.2) is 57.2 Å². The predicted octanol–water partition coefficient (Wildman–Crippen LogP) is 0.221. The zero-order valence-electron chi connectivity index (χ0n) is 13.0.